The summed E-state index contributed by atoms with van der Waals surface area (Å²) in [4.78, 5) is 24.5. The van der Waals surface area contributed by atoms with Gasteiger partial charge in [0.05, 0.1) is 19.1 Å². The predicted molar refractivity (Wildman–Crippen MR) is 107 cm³/mol. The maximum absolute atomic E-state index is 13.6. The number of nitrogens with zero attached hydrogens (tertiary/aromatic N) is 5. The van der Waals surface area contributed by atoms with Crippen molar-refractivity contribution >= 4 is 5.91 Å². The molecule has 0 N–H and O–H groups in total. The van der Waals surface area contributed by atoms with E-state index in [-0.39, 0.29) is 11.3 Å². The van der Waals surface area contributed by atoms with Gasteiger partial charge in [0.1, 0.15) is 5.82 Å². The van der Waals surface area contributed by atoms with E-state index in [2.05, 4.69) is 30.7 Å². The predicted octanol–water partition coefficient (Wildman–Crippen LogP) is 2.39. The van der Waals surface area contributed by atoms with E-state index in [1.807, 2.05) is 24.7 Å². The normalized spacial score (nSPS) is 29.1. The Labute approximate surface area is 171 Å². The zero-order chi connectivity index (χ0) is 19.8. The molecule has 1 aliphatic heterocycles. The Morgan fingerprint density at radius 1 is 1.21 bits per heavy atom. The molecule has 6 rings (SSSR count). The lowest BCUT2D eigenvalue weighted by Crippen LogP contribution is -2.55. The van der Waals surface area contributed by atoms with Gasteiger partial charge in [0.25, 0.3) is 0 Å². The fourth-order valence-corrected chi connectivity index (χ4v) is 5.99. The van der Waals surface area contributed by atoms with Gasteiger partial charge in [0.2, 0.25) is 5.91 Å². The van der Waals surface area contributed by atoms with Gasteiger partial charge >= 0.3 is 0 Å². The van der Waals surface area contributed by atoms with E-state index >= 15 is 0 Å². The number of hydrogen-bond acceptors (Lipinski definition) is 5. The molecule has 2 bridgehead atoms. The summed E-state index contributed by atoms with van der Waals surface area (Å²) in [6.45, 7) is 3.00. The first kappa shape index (κ1) is 18.7. The number of amides is 1. The van der Waals surface area contributed by atoms with Crippen molar-refractivity contribution in [1.29, 1.82) is 0 Å². The molecule has 7 nitrogen and oxygen atoms in total. The van der Waals surface area contributed by atoms with Crippen LogP contribution in [0.3, 0.4) is 0 Å². The molecule has 29 heavy (non-hydrogen) atoms. The van der Waals surface area contributed by atoms with Crippen LogP contribution in [-0.4, -0.2) is 57.4 Å². The number of carbonyl (C=O) groups is 1. The maximum atomic E-state index is 13.6. The van der Waals surface area contributed by atoms with Gasteiger partial charge in [-0.3, -0.25) is 9.48 Å². The number of fused-ring (bicyclic) bond motifs is 1. The number of carbonyl (C=O) groups excluding carboxylic acids is 1. The number of methoxy groups -OCH3 is 1. The third kappa shape index (κ3) is 3.06. The molecule has 3 saturated carbocycles. The Kier molecular flexibility index (Phi) is 4.86. The first-order chi connectivity index (χ1) is 14.2. The van der Waals surface area contributed by atoms with Crippen LogP contribution in [0.25, 0.3) is 0 Å². The van der Waals surface area contributed by atoms with Crippen molar-refractivity contribution in [2.75, 3.05) is 26.8 Å². The Balaban J connectivity index is 1.29. The SMILES string of the molecule is COCCn1nccc1C12CCC(C1)C2C(=O)N1CCC(c2ncccn2)CC1. The molecule has 0 aromatic carbocycles. The molecule has 0 spiro atoms. The second-order valence-electron chi connectivity index (χ2n) is 8.78. The monoisotopic (exact) mass is 395 g/mol. The van der Waals surface area contributed by atoms with Crippen LogP contribution in [0, 0.1) is 11.8 Å². The molecule has 4 fully saturated rings. The third-order valence-electron chi connectivity index (χ3n) is 7.41. The molecule has 4 aliphatic rings. The van der Waals surface area contributed by atoms with Crippen molar-refractivity contribution in [3.8, 4) is 0 Å². The first-order valence-corrected chi connectivity index (χ1v) is 10.8. The molecule has 3 aliphatic carbocycles. The number of hydrogen-bond donors (Lipinski definition) is 0. The van der Waals surface area contributed by atoms with Crippen molar-refractivity contribution in [1.82, 2.24) is 24.6 Å². The zero-order valence-electron chi connectivity index (χ0n) is 17.0. The quantitative estimate of drug-likeness (QED) is 0.751. The smallest absolute Gasteiger partial charge is 0.226 e. The summed E-state index contributed by atoms with van der Waals surface area (Å²) in [6.07, 6.45) is 10.8. The highest BCUT2D eigenvalue weighted by molar-refractivity contribution is 5.83. The van der Waals surface area contributed by atoms with Gasteiger partial charge in [0, 0.05) is 55.8 Å². The van der Waals surface area contributed by atoms with Crippen LogP contribution >= 0.6 is 0 Å². The van der Waals surface area contributed by atoms with Crippen LogP contribution in [-0.2, 0) is 21.5 Å². The Morgan fingerprint density at radius 2 is 2.00 bits per heavy atom. The molecule has 1 saturated heterocycles. The van der Waals surface area contributed by atoms with Crippen molar-refractivity contribution in [3.63, 3.8) is 0 Å². The molecule has 3 heterocycles. The molecular weight excluding hydrogens is 366 g/mol. The topological polar surface area (TPSA) is 73.1 Å². The van der Waals surface area contributed by atoms with Gasteiger partial charge < -0.3 is 9.64 Å². The largest absolute Gasteiger partial charge is 0.383 e. The number of likely N-dealkylation sites (tertiary alicyclic amines) is 1. The Morgan fingerprint density at radius 3 is 2.72 bits per heavy atom. The van der Waals surface area contributed by atoms with Crippen molar-refractivity contribution in [3.05, 3.63) is 42.2 Å². The summed E-state index contributed by atoms with van der Waals surface area (Å²) >= 11 is 0. The minimum atomic E-state index is -0.0224. The van der Waals surface area contributed by atoms with E-state index < -0.39 is 0 Å². The van der Waals surface area contributed by atoms with Gasteiger partial charge in [-0.15, -0.1) is 0 Å². The highest BCUT2D eigenvalue weighted by Crippen LogP contribution is 2.64. The van der Waals surface area contributed by atoms with Crippen molar-refractivity contribution in [2.45, 2.75) is 50.0 Å². The molecule has 154 valence electrons. The van der Waals surface area contributed by atoms with Crippen LogP contribution in [0.4, 0.5) is 0 Å². The fourth-order valence-electron chi connectivity index (χ4n) is 5.99. The van der Waals surface area contributed by atoms with E-state index in [0.29, 0.717) is 24.3 Å². The average molecular weight is 396 g/mol. The first-order valence-electron chi connectivity index (χ1n) is 10.8. The van der Waals surface area contributed by atoms with Crippen molar-refractivity contribution < 1.29 is 9.53 Å². The Bertz CT molecular complexity index is 857. The molecular formula is C22H29N5O2. The van der Waals surface area contributed by atoms with Crippen LogP contribution < -0.4 is 0 Å². The fraction of sp³-hybridized carbons (Fsp3) is 0.636. The van der Waals surface area contributed by atoms with Gasteiger partial charge in [-0.2, -0.15) is 5.10 Å². The summed E-state index contributed by atoms with van der Waals surface area (Å²) in [5.41, 5.74) is 1.21. The van der Waals surface area contributed by atoms with Gasteiger partial charge in [0.15, 0.2) is 0 Å². The highest BCUT2D eigenvalue weighted by atomic mass is 16.5. The van der Waals surface area contributed by atoms with E-state index in [1.54, 1.807) is 7.11 Å². The molecule has 3 unspecified atom stereocenters. The molecule has 2 aromatic rings. The van der Waals surface area contributed by atoms with Crippen LogP contribution in [0.2, 0.25) is 0 Å². The summed E-state index contributed by atoms with van der Waals surface area (Å²) in [5.74, 6) is 2.28. The second kappa shape index (κ2) is 7.52. The summed E-state index contributed by atoms with van der Waals surface area (Å²) < 4.78 is 7.31. The minimum Gasteiger partial charge on any atom is -0.383 e. The maximum Gasteiger partial charge on any atom is 0.226 e. The average Bonchev–Trinajstić information content (AvgIpc) is 3.48. The van der Waals surface area contributed by atoms with Crippen LogP contribution in [0.1, 0.15) is 49.5 Å². The number of rotatable bonds is 6. The second-order valence-corrected chi connectivity index (χ2v) is 8.78. The lowest BCUT2D eigenvalue weighted by atomic mass is 9.58. The Hall–Kier alpha value is -2.28. The lowest BCUT2D eigenvalue weighted by molar-refractivity contribution is -0.145. The number of ether oxygens (including phenoxy) is 1. The standard InChI is InChI=1S/C22H29N5O2/c1-29-14-13-27-18(4-10-25-27)22-7-3-17(15-22)19(22)21(28)26-11-5-16(6-12-26)20-23-8-2-9-24-20/h2,4,8-10,16-17,19H,3,5-7,11-15H2,1H3. The molecule has 2 aromatic heterocycles. The lowest BCUT2D eigenvalue weighted by Gasteiger charge is -2.49. The summed E-state index contributed by atoms with van der Waals surface area (Å²) in [7, 11) is 1.72. The van der Waals surface area contributed by atoms with Crippen molar-refractivity contribution in [2.24, 2.45) is 11.8 Å². The van der Waals surface area contributed by atoms with E-state index in [1.165, 1.54) is 5.69 Å². The minimum absolute atomic E-state index is 0.0224. The third-order valence-corrected chi connectivity index (χ3v) is 7.41. The molecule has 1 amide bonds. The zero-order valence-corrected chi connectivity index (χ0v) is 17.0. The van der Waals surface area contributed by atoms with E-state index in [0.717, 1.165) is 57.6 Å². The number of aromatic nitrogens is 4. The molecule has 0 radical (unpaired) electrons. The molecule has 3 atom stereocenters. The molecule has 7 heteroatoms. The number of piperidine rings is 1. The highest BCUT2D eigenvalue weighted by Gasteiger charge is 2.64. The van der Waals surface area contributed by atoms with E-state index in [9.17, 15) is 4.79 Å². The summed E-state index contributed by atoms with van der Waals surface area (Å²) in [6, 6.07) is 3.97. The van der Waals surface area contributed by atoms with Gasteiger partial charge in [-0.05, 0) is 50.2 Å². The van der Waals surface area contributed by atoms with Gasteiger partial charge in [-0.25, -0.2) is 9.97 Å². The van der Waals surface area contributed by atoms with E-state index in [4.69, 9.17) is 4.74 Å². The van der Waals surface area contributed by atoms with Crippen LogP contribution in [0.5, 0.6) is 0 Å². The van der Waals surface area contributed by atoms with Crippen LogP contribution in [0.15, 0.2) is 30.7 Å². The summed E-state index contributed by atoms with van der Waals surface area (Å²) in [5, 5.41) is 4.52. The van der Waals surface area contributed by atoms with Gasteiger partial charge in [-0.1, -0.05) is 0 Å².